The second-order valence-electron chi connectivity index (χ2n) is 8.98. The largest absolute Gasteiger partial charge is 0.489 e. The van der Waals surface area contributed by atoms with Crippen LogP contribution in [0.15, 0.2) is 59.7 Å². The summed E-state index contributed by atoms with van der Waals surface area (Å²) in [6.07, 6.45) is 7.03. The van der Waals surface area contributed by atoms with E-state index in [9.17, 15) is 9.59 Å². The molecule has 0 spiro atoms. The third-order valence-electron chi connectivity index (χ3n) is 7.25. The molecule has 2 bridgehead atoms. The lowest BCUT2D eigenvalue weighted by Gasteiger charge is -2.37. The predicted molar refractivity (Wildman–Crippen MR) is 121 cm³/mol. The molecule has 0 N–H and O–H groups in total. The van der Waals surface area contributed by atoms with Gasteiger partial charge in [-0.1, -0.05) is 41.4 Å². The van der Waals surface area contributed by atoms with Crippen LogP contribution in [0.5, 0.6) is 5.75 Å². The summed E-state index contributed by atoms with van der Waals surface area (Å²) in [7, 11) is 0. The highest BCUT2D eigenvalue weighted by molar-refractivity contribution is 6.35. The monoisotopic (exact) mass is 466 g/mol. The first-order valence-electron chi connectivity index (χ1n) is 10.8. The van der Waals surface area contributed by atoms with Crippen molar-refractivity contribution in [3.05, 3.63) is 75.8 Å². The second kappa shape index (κ2) is 7.46. The number of halogens is 2. The fourth-order valence-electron chi connectivity index (χ4n) is 5.63. The molecule has 2 aromatic rings. The molecule has 4 aliphatic carbocycles. The normalized spacial score (nSPS) is 31.9. The van der Waals surface area contributed by atoms with E-state index in [-0.39, 0.29) is 35.5 Å². The number of nitrogens with zero attached hydrogens (tertiary/aromatic N) is 2. The summed E-state index contributed by atoms with van der Waals surface area (Å²) in [6.45, 7) is 0.321. The summed E-state index contributed by atoms with van der Waals surface area (Å²) in [5.74, 6) is 1.50. The first kappa shape index (κ1) is 20.0. The first-order chi connectivity index (χ1) is 15.5. The van der Waals surface area contributed by atoms with Crippen molar-refractivity contribution in [1.29, 1.82) is 0 Å². The van der Waals surface area contributed by atoms with Crippen LogP contribution in [0.25, 0.3) is 0 Å². The van der Waals surface area contributed by atoms with Crippen molar-refractivity contribution in [3.63, 3.8) is 0 Å². The maximum Gasteiger partial charge on any atom is 0.254 e. The SMILES string of the molecule is O=C1[C@@H]2[C@H]3C=C[C@@H]([C@@H]4C[C@@H]34)[C@H]2C(=O)N1N=Cc1ccc(OCc2ccc(Cl)cc2Cl)cc1. The molecular weight excluding hydrogens is 447 g/mol. The van der Waals surface area contributed by atoms with Crippen molar-refractivity contribution in [2.75, 3.05) is 0 Å². The lowest BCUT2D eigenvalue weighted by atomic mass is 9.63. The smallest absolute Gasteiger partial charge is 0.254 e. The minimum absolute atomic E-state index is 0.152. The molecule has 162 valence electrons. The Morgan fingerprint density at radius 1 is 0.969 bits per heavy atom. The third-order valence-corrected chi connectivity index (χ3v) is 7.84. The molecule has 1 aliphatic heterocycles. The van der Waals surface area contributed by atoms with Gasteiger partial charge in [-0.15, -0.1) is 0 Å². The Hall–Kier alpha value is -2.63. The van der Waals surface area contributed by atoms with Crippen molar-refractivity contribution < 1.29 is 14.3 Å². The molecule has 2 aromatic carbocycles. The average molecular weight is 467 g/mol. The Balaban J connectivity index is 1.12. The summed E-state index contributed by atoms with van der Waals surface area (Å²) >= 11 is 12.1. The van der Waals surface area contributed by atoms with Gasteiger partial charge in [0.2, 0.25) is 0 Å². The minimum Gasteiger partial charge on any atom is -0.489 e. The molecule has 2 amide bonds. The lowest BCUT2D eigenvalue weighted by molar-refractivity contribution is -0.140. The van der Waals surface area contributed by atoms with Crippen LogP contribution in [0, 0.1) is 35.5 Å². The molecule has 5 nitrogen and oxygen atoms in total. The molecule has 7 heteroatoms. The molecule has 7 rings (SSSR count). The van der Waals surface area contributed by atoms with Crippen LogP contribution < -0.4 is 4.74 Å². The van der Waals surface area contributed by atoms with Crippen molar-refractivity contribution in [2.24, 2.45) is 40.6 Å². The summed E-state index contributed by atoms with van der Waals surface area (Å²) < 4.78 is 5.79. The number of allylic oxidation sites excluding steroid dienone is 2. The van der Waals surface area contributed by atoms with E-state index < -0.39 is 0 Å². The van der Waals surface area contributed by atoms with Crippen LogP contribution in [-0.2, 0) is 16.2 Å². The number of carbonyl (C=O) groups is 2. The predicted octanol–water partition coefficient (Wildman–Crippen LogP) is 4.96. The van der Waals surface area contributed by atoms with Gasteiger partial charge in [-0.25, -0.2) is 0 Å². The van der Waals surface area contributed by atoms with Gasteiger partial charge in [0.1, 0.15) is 12.4 Å². The molecule has 0 aromatic heterocycles. The number of imide groups is 1. The Bertz CT molecular complexity index is 1140. The molecule has 1 saturated heterocycles. The van der Waals surface area contributed by atoms with E-state index in [0.29, 0.717) is 34.2 Å². The molecule has 6 atom stereocenters. The number of benzene rings is 2. The van der Waals surface area contributed by atoms with Gasteiger partial charge in [0.05, 0.1) is 18.1 Å². The Morgan fingerprint density at radius 3 is 2.25 bits per heavy atom. The van der Waals surface area contributed by atoms with Gasteiger partial charge in [0, 0.05) is 15.6 Å². The standard InChI is InChI=1S/C25H20Cl2N2O3/c26-15-4-3-14(21(27)9-15)12-32-16-5-1-13(2-6-16)11-28-29-24(30)22-17-7-8-18(20-10-19(17)20)23(22)25(29)31/h1-9,11,17-20,22-23H,10,12H2/t17-,18-,19-,20-,22+,23+/m0/s1. The highest BCUT2D eigenvalue weighted by atomic mass is 35.5. The maximum absolute atomic E-state index is 13.0. The molecule has 0 unspecified atom stereocenters. The van der Waals surface area contributed by atoms with Crippen molar-refractivity contribution >= 4 is 41.2 Å². The van der Waals surface area contributed by atoms with E-state index in [1.165, 1.54) is 0 Å². The van der Waals surface area contributed by atoms with Crippen LogP contribution >= 0.6 is 23.2 Å². The molecule has 1 heterocycles. The maximum atomic E-state index is 13.0. The van der Waals surface area contributed by atoms with Crippen LogP contribution in [0.3, 0.4) is 0 Å². The number of hydrazone groups is 1. The van der Waals surface area contributed by atoms with E-state index in [0.717, 1.165) is 22.6 Å². The van der Waals surface area contributed by atoms with Gasteiger partial charge >= 0.3 is 0 Å². The zero-order valence-electron chi connectivity index (χ0n) is 17.0. The molecule has 0 radical (unpaired) electrons. The van der Waals surface area contributed by atoms with Gasteiger partial charge in [-0.3, -0.25) is 9.59 Å². The van der Waals surface area contributed by atoms with E-state index in [1.807, 2.05) is 30.3 Å². The molecule has 3 fully saturated rings. The highest BCUT2D eigenvalue weighted by Crippen LogP contribution is 2.65. The number of hydrogen-bond donors (Lipinski definition) is 0. The lowest BCUT2D eigenvalue weighted by Crippen LogP contribution is -2.40. The van der Waals surface area contributed by atoms with Crippen molar-refractivity contribution in [1.82, 2.24) is 5.01 Å². The number of carbonyl (C=O) groups excluding carboxylic acids is 2. The fourth-order valence-corrected chi connectivity index (χ4v) is 6.09. The fraction of sp³-hybridized carbons (Fsp3) is 0.320. The van der Waals surface area contributed by atoms with Crippen LogP contribution in [0.1, 0.15) is 17.5 Å². The van der Waals surface area contributed by atoms with Gasteiger partial charge < -0.3 is 4.74 Å². The van der Waals surface area contributed by atoms with E-state index in [4.69, 9.17) is 27.9 Å². The topological polar surface area (TPSA) is 59.0 Å². The van der Waals surface area contributed by atoms with E-state index >= 15 is 0 Å². The van der Waals surface area contributed by atoms with E-state index in [2.05, 4.69) is 17.3 Å². The van der Waals surface area contributed by atoms with Crippen molar-refractivity contribution in [2.45, 2.75) is 13.0 Å². The summed E-state index contributed by atoms with van der Waals surface area (Å²) in [5.41, 5.74) is 1.62. The summed E-state index contributed by atoms with van der Waals surface area (Å²) in [4.78, 5) is 25.9. The minimum atomic E-state index is -0.228. The number of rotatable bonds is 5. The molecule has 2 saturated carbocycles. The quantitative estimate of drug-likeness (QED) is 0.355. The summed E-state index contributed by atoms with van der Waals surface area (Å²) in [6, 6.07) is 12.6. The zero-order valence-corrected chi connectivity index (χ0v) is 18.5. The first-order valence-corrected chi connectivity index (χ1v) is 11.5. The average Bonchev–Trinajstić information content (AvgIpc) is 3.57. The van der Waals surface area contributed by atoms with Gasteiger partial charge in [-0.05, 0) is 72.1 Å². The molecule has 32 heavy (non-hydrogen) atoms. The number of hydrogen-bond acceptors (Lipinski definition) is 4. The van der Waals surface area contributed by atoms with E-state index in [1.54, 1.807) is 18.3 Å². The number of amides is 2. The summed E-state index contributed by atoms with van der Waals surface area (Å²) in [5, 5.41) is 6.51. The van der Waals surface area contributed by atoms with Crippen LogP contribution in [0.2, 0.25) is 10.0 Å². The third kappa shape index (κ3) is 3.18. The Morgan fingerprint density at radius 2 is 1.62 bits per heavy atom. The van der Waals surface area contributed by atoms with Crippen LogP contribution in [0.4, 0.5) is 0 Å². The zero-order chi connectivity index (χ0) is 22.0. The molecule has 5 aliphatic rings. The van der Waals surface area contributed by atoms with Crippen LogP contribution in [-0.4, -0.2) is 23.0 Å². The van der Waals surface area contributed by atoms with Gasteiger partial charge in [-0.2, -0.15) is 10.1 Å². The van der Waals surface area contributed by atoms with Gasteiger partial charge in [0.25, 0.3) is 11.8 Å². The Labute approximate surface area is 195 Å². The Kier molecular flexibility index (Phi) is 4.67. The van der Waals surface area contributed by atoms with Crippen molar-refractivity contribution in [3.8, 4) is 5.75 Å². The number of ether oxygens (including phenoxy) is 1. The second-order valence-corrected chi connectivity index (χ2v) is 9.82. The van der Waals surface area contributed by atoms with Gasteiger partial charge in [0.15, 0.2) is 0 Å². The molecular formula is C25H20Cl2N2O3. The highest BCUT2D eigenvalue weighted by Gasteiger charge is 2.67.